The molecule has 1 aliphatic carbocycles. The van der Waals surface area contributed by atoms with Gasteiger partial charge >= 0.3 is 0 Å². The maximum Gasteiger partial charge on any atom is 0.135 e. The first-order valence-corrected chi connectivity index (χ1v) is 22.5. The highest BCUT2D eigenvalue weighted by atomic mass is 32.2. The number of hydrogen-bond donors (Lipinski definition) is 0. The Morgan fingerprint density at radius 3 is 1.75 bits per heavy atom. The van der Waals surface area contributed by atoms with Crippen LogP contribution in [0.5, 0.6) is 0 Å². The minimum Gasteiger partial charge on any atom is -0.456 e. The van der Waals surface area contributed by atoms with Gasteiger partial charge in [-0.25, -0.2) is 0 Å². The Labute approximate surface area is 370 Å². The first-order chi connectivity index (χ1) is 31.0. The summed E-state index contributed by atoms with van der Waals surface area (Å²) < 4.78 is 6.23. The highest BCUT2D eigenvalue weighted by Gasteiger charge is 2.36. The van der Waals surface area contributed by atoms with Crippen molar-refractivity contribution in [1.82, 2.24) is 0 Å². The number of benzene rings is 10. The fourth-order valence-corrected chi connectivity index (χ4v) is 11.6. The summed E-state index contributed by atoms with van der Waals surface area (Å²) in [7, 11) is 0. The van der Waals surface area contributed by atoms with Gasteiger partial charge in [-0.1, -0.05) is 135 Å². The summed E-state index contributed by atoms with van der Waals surface area (Å²) in [5, 5.41) is 7.30. The van der Waals surface area contributed by atoms with Crippen molar-refractivity contribution in [2.75, 3.05) is 9.80 Å². The van der Waals surface area contributed by atoms with E-state index < -0.39 is 0 Å². The van der Waals surface area contributed by atoms with E-state index in [4.69, 9.17) is 4.42 Å². The highest BCUT2D eigenvalue weighted by molar-refractivity contribution is 7.99. The fraction of sp³-hybridized carbons (Fsp3) is 0.0508. The van der Waals surface area contributed by atoms with Crippen LogP contribution >= 0.6 is 11.8 Å². The molecule has 0 spiro atoms. The molecule has 2 aliphatic rings. The van der Waals surface area contributed by atoms with Gasteiger partial charge < -0.3 is 14.2 Å². The number of para-hydroxylation sites is 3. The predicted octanol–water partition coefficient (Wildman–Crippen LogP) is 17.3. The van der Waals surface area contributed by atoms with Crippen LogP contribution in [0.1, 0.15) is 25.0 Å². The van der Waals surface area contributed by atoms with E-state index in [2.05, 4.69) is 218 Å². The maximum atomic E-state index is 6.23. The number of furan rings is 1. The molecule has 0 amide bonds. The zero-order valence-electron chi connectivity index (χ0n) is 34.8. The summed E-state index contributed by atoms with van der Waals surface area (Å²) in [6.07, 6.45) is 0. The predicted molar refractivity (Wildman–Crippen MR) is 265 cm³/mol. The van der Waals surface area contributed by atoms with E-state index in [1.165, 1.54) is 64.7 Å². The number of anilines is 6. The Morgan fingerprint density at radius 2 is 0.952 bits per heavy atom. The summed E-state index contributed by atoms with van der Waals surface area (Å²) in [6, 6.07) is 75.4. The summed E-state index contributed by atoms with van der Waals surface area (Å²) in [4.78, 5) is 7.30. The lowest BCUT2D eigenvalue weighted by atomic mass is 9.82. The van der Waals surface area contributed by atoms with E-state index >= 15 is 0 Å². The molecule has 11 aromatic rings. The molecule has 1 aromatic heterocycles. The Morgan fingerprint density at radius 1 is 0.365 bits per heavy atom. The van der Waals surface area contributed by atoms with E-state index in [1.807, 2.05) is 23.9 Å². The standard InChI is InChI=1S/C59H40N2OS/c1-59(2)52-21-11-9-18-44(52)45-29-26-42(35-53(45)59)60(38-14-5-3-6-15-38)40-25-24-37-32-51-47-30-27-43(36-57(47)63-56-23-13-20-48(58(51)56)49(37)33-40)61(39-16-7-4-8-17-39)41-28-31-55-50(34-41)46-19-10-12-22-54(46)62-55/h3-36H,1-2H3. The molecular formula is C59H40N2OS. The van der Waals surface area contributed by atoms with E-state index in [0.29, 0.717) is 0 Å². The minimum atomic E-state index is -0.0943. The number of fused-ring (bicyclic) bond motifs is 10. The number of rotatable bonds is 6. The fourth-order valence-electron chi connectivity index (χ4n) is 10.4. The smallest absolute Gasteiger partial charge is 0.135 e. The molecule has 0 fully saturated rings. The van der Waals surface area contributed by atoms with Gasteiger partial charge in [-0.05, 0) is 147 Å². The minimum absolute atomic E-state index is 0.0943. The molecule has 0 atom stereocenters. The van der Waals surface area contributed by atoms with Crippen LogP contribution in [-0.4, -0.2) is 0 Å². The van der Waals surface area contributed by atoms with Crippen molar-refractivity contribution in [3.05, 3.63) is 217 Å². The van der Waals surface area contributed by atoms with Crippen molar-refractivity contribution in [1.29, 1.82) is 0 Å². The molecule has 0 bridgehead atoms. The van der Waals surface area contributed by atoms with Crippen molar-refractivity contribution < 1.29 is 4.42 Å². The molecule has 10 aromatic carbocycles. The molecule has 0 saturated heterocycles. The second-order valence-electron chi connectivity index (χ2n) is 17.3. The van der Waals surface area contributed by atoms with E-state index in [9.17, 15) is 0 Å². The average molecular weight is 825 g/mol. The molecule has 0 saturated carbocycles. The second kappa shape index (κ2) is 13.7. The van der Waals surface area contributed by atoms with Gasteiger partial charge in [0, 0.05) is 65.5 Å². The van der Waals surface area contributed by atoms with Crippen molar-refractivity contribution >= 4 is 89.4 Å². The highest BCUT2D eigenvalue weighted by Crippen LogP contribution is 2.54. The third kappa shape index (κ3) is 5.54. The Bertz CT molecular complexity index is 3650. The van der Waals surface area contributed by atoms with Crippen LogP contribution < -0.4 is 9.80 Å². The molecule has 2 heterocycles. The summed E-state index contributed by atoms with van der Waals surface area (Å²) in [5.74, 6) is 0. The van der Waals surface area contributed by atoms with Gasteiger partial charge in [-0.2, -0.15) is 0 Å². The van der Waals surface area contributed by atoms with Gasteiger partial charge in [0.15, 0.2) is 0 Å². The lowest BCUT2D eigenvalue weighted by molar-refractivity contribution is 0.660. The van der Waals surface area contributed by atoms with Gasteiger partial charge in [0.25, 0.3) is 0 Å². The SMILES string of the molecule is CC1(C)c2ccccc2-c2ccc(N(c3ccccc3)c3ccc4cc5c6c(cccc6c4c3)Sc3cc(N(c4ccccc4)c4ccc6oc7ccccc7c6c4)ccc3-5)cc21. The summed E-state index contributed by atoms with van der Waals surface area (Å²) in [6.45, 7) is 4.71. The Balaban J connectivity index is 0.934. The monoisotopic (exact) mass is 824 g/mol. The second-order valence-corrected chi connectivity index (χ2v) is 18.4. The molecule has 0 N–H and O–H groups in total. The largest absolute Gasteiger partial charge is 0.456 e. The topological polar surface area (TPSA) is 19.6 Å². The van der Waals surface area contributed by atoms with Crippen LogP contribution in [0, 0.1) is 0 Å². The lowest BCUT2D eigenvalue weighted by Gasteiger charge is -2.29. The van der Waals surface area contributed by atoms with Crippen LogP contribution in [0.15, 0.2) is 220 Å². The molecule has 63 heavy (non-hydrogen) atoms. The lowest BCUT2D eigenvalue weighted by Crippen LogP contribution is -2.16. The van der Waals surface area contributed by atoms with E-state index in [-0.39, 0.29) is 5.41 Å². The van der Waals surface area contributed by atoms with Crippen molar-refractivity contribution in [2.45, 2.75) is 29.1 Å². The van der Waals surface area contributed by atoms with Gasteiger partial charge in [0.2, 0.25) is 0 Å². The molecule has 1 aliphatic heterocycles. The molecule has 298 valence electrons. The zero-order chi connectivity index (χ0) is 41.8. The van der Waals surface area contributed by atoms with E-state index in [0.717, 1.165) is 56.1 Å². The first kappa shape index (κ1) is 36.2. The quantitative estimate of drug-likeness (QED) is 0.156. The maximum absolute atomic E-state index is 6.23. The normalized spacial score (nSPS) is 13.3. The third-order valence-electron chi connectivity index (χ3n) is 13.4. The van der Waals surface area contributed by atoms with Gasteiger partial charge in [0.1, 0.15) is 11.2 Å². The van der Waals surface area contributed by atoms with Crippen LogP contribution in [0.4, 0.5) is 34.1 Å². The molecular weight excluding hydrogens is 785 g/mol. The van der Waals surface area contributed by atoms with Gasteiger partial charge in [-0.3, -0.25) is 0 Å². The molecule has 0 radical (unpaired) electrons. The third-order valence-corrected chi connectivity index (χ3v) is 14.5. The van der Waals surface area contributed by atoms with Crippen LogP contribution in [-0.2, 0) is 5.41 Å². The van der Waals surface area contributed by atoms with Gasteiger partial charge in [-0.15, -0.1) is 0 Å². The Hall–Kier alpha value is -7.53. The molecule has 4 heteroatoms. The zero-order valence-corrected chi connectivity index (χ0v) is 35.7. The van der Waals surface area contributed by atoms with E-state index in [1.54, 1.807) is 0 Å². The molecule has 3 nitrogen and oxygen atoms in total. The van der Waals surface area contributed by atoms with Crippen molar-refractivity contribution in [2.24, 2.45) is 0 Å². The summed E-state index contributed by atoms with van der Waals surface area (Å²) >= 11 is 1.87. The number of nitrogens with zero attached hydrogens (tertiary/aromatic N) is 2. The molecule has 0 unspecified atom stereocenters. The number of hydrogen-bond acceptors (Lipinski definition) is 4. The Kier molecular flexibility index (Phi) is 7.88. The average Bonchev–Trinajstić information content (AvgIpc) is 3.81. The van der Waals surface area contributed by atoms with Crippen LogP contribution in [0.25, 0.3) is 65.7 Å². The first-order valence-electron chi connectivity index (χ1n) is 21.7. The summed E-state index contributed by atoms with van der Waals surface area (Å²) in [5.41, 5.74) is 16.4. The van der Waals surface area contributed by atoms with Crippen molar-refractivity contribution in [3.8, 4) is 22.3 Å². The van der Waals surface area contributed by atoms with Crippen molar-refractivity contribution in [3.63, 3.8) is 0 Å². The molecule has 13 rings (SSSR count). The van der Waals surface area contributed by atoms with Crippen LogP contribution in [0.2, 0.25) is 0 Å². The van der Waals surface area contributed by atoms with Gasteiger partial charge in [0.05, 0.1) is 0 Å². The van der Waals surface area contributed by atoms with Crippen LogP contribution in [0.3, 0.4) is 0 Å².